The number of ether oxygens (including phenoxy) is 4. The highest BCUT2D eigenvalue weighted by Gasteiger charge is 2.13. The molecule has 0 aliphatic carbocycles. The normalized spacial score (nSPS) is 11.4. The number of aromatic nitrogens is 6. The molecular weight excluding hydrogens is 633 g/mol. The lowest BCUT2D eigenvalue weighted by molar-refractivity contribution is 0.248. The summed E-state index contributed by atoms with van der Waals surface area (Å²) in [5.41, 5.74) is 9.82. The highest BCUT2D eigenvalue weighted by atomic mass is 32.2. The molecule has 244 valence electrons. The molecule has 0 spiro atoms. The van der Waals surface area contributed by atoms with Gasteiger partial charge in [0.25, 0.3) is 0 Å². The van der Waals surface area contributed by atoms with Crippen molar-refractivity contribution >= 4 is 45.6 Å². The fourth-order valence-electron chi connectivity index (χ4n) is 5.39. The van der Waals surface area contributed by atoms with E-state index in [0.29, 0.717) is 24.7 Å². The zero-order chi connectivity index (χ0) is 32.9. The second-order valence-electron chi connectivity index (χ2n) is 11.2. The molecule has 4 aromatic heterocycles. The van der Waals surface area contributed by atoms with Crippen molar-refractivity contribution in [2.45, 2.75) is 55.9 Å². The van der Waals surface area contributed by atoms with E-state index in [1.54, 1.807) is 37.7 Å². The number of aryl methyl sites for hydroxylation is 2. The zero-order valence-electron chi connectivity index (χ0n) is 27.4. The van der Waals surface area contributed by atoms with Gasteiger partial charge in [-0.15, -0.1) is 0 Å². The predicted octanol–water partition coefficient (Wildman–Crippen LogP) is 7.91. The largest absolute Gasteiger partial charge is 0.496 e. The molecule has 0 radical (unpaired) electrons. The number of aromatic amines is 2. The maximum atomic E-state index is 6.02. The summed E-state index contributed by atoms with van der Waals surface area (Å²) in [6, 6.07) is 11.8. The number of pyridine rings is 2. The Hall–Kier alpha value is -4.42. The van der Waals surface area contributed by atoms with Gasteiger partial charge in [0.1, 0.15) is 23.0 Å². The molecule has 0 saturated carbocycles. The second kappa shape index (κ2) is 14.6. The van der Waals surface area contributed by atoms with E-state index in [2.05, 4.69) is 19.9 Å². The van der Waals surface area contributed by atoms with Gasteiger partial charge in [-0.25, -0.2) is 9.97 Å². The number of benzene rings is 2. The molecule has 6 aromatic rings. The van der Waals surface area contributed by atoms with E-state index in [-0.39, 0.29) is 0 Å². The summed E-state index contributed by atoms with van der Waals surface area (Å²) in [7, 11) is 3.39. The first-order valence-corrected chi connectivity index (χ1v) is 17.3. The standard InChI is InChI=1S/C35H38N6O4S2/c1-20-16-36-30(22(3)32(20)42-5)18-46-34-38-26-10-8-24(14-28(26)40-34)44-12-7-13-45-25-9-11-27-29(15-25)41-35(39-27)47-19-31-23(4)33(43-6)21(2)17-37-31/h8-11,14-17H,7,12-13,18-19H2,1-6H3,(H,38,40)(H,39,41). The molecule has 0 aliphatic rings. The molecular formula is C35H38N6O4S2. The number of nitrogens with zero attached hydrogens (tertiary/aromatic N) is 4. The highest BCUT2D eigenvalue weighted by Crippen LogP contribution is 2.31. The van der Waals surface area contributed by atoms with Crippen LogP contribution in [-0.2, 0) is 11.5 Å². The Morgan fingerprint density at radius 3 is 1.51 bits per heavy atom. The average molecular weight is 671 g/mol. The van der Waals surface area contributed by atoms with Crippen molar-refractivity contribution in [2.24, 2.45) is 0 Å². The summed E-state index contributed by atoms with van der Waals surface area (Å²) in [4.78, 5) is 25.4. The van der Waals surface area contributed by atoms with Gasteiger partial charge in [-0.3, -0.25) is 9.97 Å². The van der Waals surface area contributed by atoms with Crippen LogP contribution in [-0.4, -0.2) is 57.3 Å². The van der Waals surface area contributed by atoms with E-state index in [1.807, 2.05) is 76.5 Å². The Morgan fingerprint density at radius 1 is 0.638 bits per heavy atom. The van der Waals surface area contributed by atoms with Crippen molar-refractivity contribution in [3.8, 4) is 23.0 Å². The molecule has 2 aromatic carbocycles. The van der Waals surface area contributed by atoms with E-state index in [1.165, 1.54) is 0 Å². The number of thioether (sulfide) groups is 2. The van der Waals surface area contributed by atoms with Crippen molar-refractivity contribution in [1.82, 2.24) is 29.9 Å². The minimum Gasteiger partial charge on any atom is -0.496 e. The molecule has 0 amide bonds. The minimum atomic E-state index is 0.534. The number of H-pyrrole nitrogens is 2. The van der Waals surface area contributed by atoms with E-state index in [9.17, 15) is 0 Å². The number of nitrogens with one attached hydrogen (secondary N) is 2. The third-order valence-corrected chi connectivity index (χ3v) is 9.65. The smallest absolute Gasteiger partial charge is 0.166 e. The molecule has 10 nitrogen and oxygen atoms in total. The number of hydrogen-bond acceptors (Lipinski definition) is 10. The lowest BCUT2D eigenvalue weighted by Crippen LogP contribution is -2.05. The van der Waals surface area contributed by atoms with Crippen LogP contribution in [0.15, 0.2) is 59.1 Å². The monoisotopic (exact) mass is 670 g/mol. The van der Waals surface area contributed by atoms with Crippen molar-refractivity contribution in [1.29, 1.82) is 0 Å². The van der Waals surface area contributed by atoms with Crippen LogP contribution in [0.5, 0.6) is 23.0 Å². The van der Waals surface area contributed by atoms with E-state index in [4.69, 9.17) is 28.9 Å². The van der Waals surface area contributed by atoms with Crippen LogP contribution in [0, 0.1) is 27.7 Å². The molecule has 47 heavy (non-hydrogen) atoms. The summed E-state index contributed by atoms with van der Waals surface area (Å²) in [5, 5.41) is 1.68. The first-order chi connectivity index (χ1) is 22.8. The van der Waals surface area contributed by atoms with E-state index < -0.39 is 0 Å². The van der Waals surface area contributed by atoms with Crippen molar-refractivity contribution in [3.05, 3.63) is 82.4 Å². The van der Waals surface area contributed by atoms with Crippen LogP contribution in [0.25, 0.3) is 22.1 Å². The van der Waals surface area contributed by atoms with Gasteiger partial charge in [0.05, 0.1) is 60.9 Å². The molecule has 12 heteroatoms. The van der Waals surface area contributed by atoms with Gasteiger partial charge in [-0.1, -0.05) is 23.5 Å². The average Bonchev–Trinajstić information content (AvgIpc) is 3.67. The summed E-state index contributed by atoms with van der Waals surface area (Å²) in [6.45, 7) is 9.16. The third-order valence-electron chi connectivity index (χ3n) is 7.88. The number of methoxy groups -OCH3 is 2. The zero-order valence-corrected chi connectivity index (χ0v) is 29.0. The molecule has 0 bridgehead atoms. The number of rotatable bonds is 14. The molecule has 0 atom stereocenters. The molecule has 0 fully saturated rings. The van der Waals surface area contributed by atoms with Crippen LogP contribution in [0.4, 0.5) is 0 Å². The van der Waals surface area contributed by atoms with Gasteiger partial charge in [0.15, 0.2) is 10.3 Å². The second-order valence-corrected chi connectivity index (χ2v) is 13.1. The van der Waals surface area contributed by atoms with Crippen molar-refractivity contribution in [2.75, 3.05) is 27.4 Å². The summed E-state index contributed by atoms with van der Waals surface area (Å²) in [6.07, 6.45) is 4.45. The molecule has 4 heterocycles. The van der Waals surface area contributed by atoms with Crippen molar-refractivity contribution in [3.63, 3.8) is 0 Å². The quantitative estimate of drug-likeness (QED) is 0.0874. The Morgan fingerprint density at radius 2 is 1.09 bits per heavy atom. The SMILES string of the molecule is COc1c(C)cnc(CSc2nc3ccc(OCCCOc4ccc5nc(SCc6ncc(C)c(OC)c6C)[nH]c5c4)cc3[nH]2)c1C. The Balaban J connectivity index is 0.970. The van der Waals surface area contributed by atoms with Crippen molar-refractivity contribution < 1.29 is 18.9 Å². The summed E-state index contributed by atoms with van der Waals surface area (Å²) in [5.74, 6) is 4.74. The van der Waals surface area contributed by atoms with Gasteiger partial charge in [0, 0.05) is 64.7 Å². The maximum absolute atomic E-state index is 6.02. The maximum Gasteiger partial charge on any atom is 0.166 e. The predicted molar refractivity (Wildman–Crippen MR) is 187 cm³/mol. The third kappa shape index (κ3) is 7.44. The lowest BCUT2D eigenvalue weighted by Gasteiger charge is -2.11. The topological polar surface area (TPSA) is 120 Å². The molecule has 2 N–H and O–H groups in total. The van der Waals surface area contributed by atoms with Crippen LogP contribution in [0.1, 0.15) is 40.1 Å². The van der Waals surface area contributed by atoms with Gasteiger partial charge in [-0.05, 0) is 52.0 Å². The lowest BCUT2D eigenvalue weighted by atomic mass is 10.1. The fourth-order valence-corrected chi connectivity index (χ4v) is 7.21. The Kier molecular flexibility index (Phi) is 10.1. The number of imidazole rings is 2. The van der Waals surface area contributed by atoms with Crippen LogP contribution < -0.4 is 18.9 Å². The van der Waals surface area contributed by atoms with E-state index in [0.717, 1.165) is 95.4 Å². The van der Waals surface area contributed by atoms with Gasteiger partial charge in [-0.2, -0.15) is 0 Å². The van der Waals surface area contributed by atoms with Gasteiger partial charge in [0.2, 0.25) is 0 Å². The van der Waals surface area contributed by atoms with Crippen LogP contribution in [0.2, 0.25) is 0 Å². The number of hydrogen-bond donors (Lipinski definition) is 2. The Labute approximate surface area is 282 Å². The van der Waals surface area contributed by atoms with Crippen LogP contribution in [0.3, 0.4) is 0 Å². The molecule has 6 rings (SSSR count). The molecule has 0 unspecified atom stereocenters. The first kappa shape index (κ1) is 32.5. The van der Waals surface area contributed by atoms with E-state index >= 15 is 0 Å². The molecule has 0 aliphatic heterocycles. The highest BCUT2D eigenvalue weighted by molar-refractivity contribution is 7.98. The molecule has 0 saturated heterocycles. The van der Waals surface area contributed by atoms with Gasteiger partial charge >= 0.3 is 0 Å². The minimum absolute atomic E-state index is 0.534. The summed E-state index contributed by atoms with van der Waals surface area (Å²) < 4.78 is 23.1. The fraction of sp³-hybridized carbons (Fsp3) is 0.314. The number of fused-ring (bicyclic) bond motifs is 2. The van der Waals surface area contributed by atoms with Gasteiger partial charge < -0.3 is 28.9 Å². The van der Waals surface area contributed by atoms with Crippen LogP contribution >= 0.6 is 23.5 Å². The summed E-state index contributed by atoms with van der Waals surface area (Å²) >= 11 is 3.23. The first-order valence-electron chi connectivity index (χ1n) is 15.3. The Bertz CT molecular complexity index is 1880.